The highest BCUT2D eigenvalue weighted by Gasteiger charge is 2.34. The summed E-state index contributed by atoms with van der Waals surface area (Å²) >= 11 is 0. The van der Waals surface area contributed by atoms with Crippen LogP contribution in [0.2, 0.25) is 0 Å². The van der Waals surface area contributed by atoms with Gasteiger partial charge in [-0.1, -0.05) is 12.1 Å². The van der Waals surface area contributed by atoms with E-state index in [1.54, 1.807) is 7.11 Å². The normalized spacial score (nSPS) is 19.5. The SMILES string of the molecule is COc1ccc(C2CCC(=O)N2C(C)=O)cc1. The van der Waals surface area contributed by atoms with Crippen LogP contribution >= 0.6 is 0 Å². The highest BCUT2D eigenvalue weighted by atomic mass is 16.5. The largest absolute Gasteiger partial charge is 0.497 e. The average Bonchev–Trinajstić information content (AvgIpc) is 2.71. The lowest BCUT2D eigenvalue weighted by Crippen LogP contribution is -2.32. The summed E-state index contributed by atoms with van der Waals surface area (Å²) in [6.07, 6.45) is 1.14. The van der Waals surface area contributed by atoms with Crippen LogP contribution in [0.4, 0.5) is 0 Å². The van der Waals surface area contributed by atoms with Gasteiger partial charge in [0.25, 0.3) is 0 Å². The maximum absolute atomic E-state index is 11.6. The molecule has 90 valence electrons. The van der Waals surface area contributed by atoms with E-state index >= 15 is 0 Å². The number of nitrogens with zero attached hydrogens (tertiary/aromatic N) is 1. The van der Waals surface area contributed by atoms with Crippen LogP contribution in [-0.2, 0) is 9.59 Å². The molecule has 0 saturated carbocycles. The second-order valence-corrected chi connectivity index (χ2v) is 4.11. The number of rotatable bonds is 2. The van der Waals surface area contributed by atoms with Crippen LogP contribution in [0.3, 0.4) is 0 Å². The molecule has 1 unspecified atom stereocenters. The molecule has 1 saturated heterocycles. The molecule has 1 aromatic rings. The Labute approximate surface area is 100 Å². The molecule has 0 radical (unpaired) electrons. The Bertz CT molecular complexity index is 438. The predicted molar refractivity (Wildman–Crippen MR) is 62.5 cm³/mol. The van der Waals surface area contributed by atoms with Gasteiger partial charge >= 0.3 is 0 Å². The average molecular weight is 233 g/mol. The van der Waals surface area contributed by atoms with E-state index in [9.17, 15) is 9.59 Å². The number of carbonyl (C=O) groups is 2. The molecular weight excluding hydrogens is 218 g/mol. The summed E-state index contributed by atoms with van der Waals surface area (Å²) in [6, 6.07) is 7.37. The predicted octanol–water partition coefficient (Wildman–Crippen LogP) is 1.91. The fourth-order valence-electron chi connectivity index (χ4n) is 2.22. The Morgan fingerprint density at radius 3 is 2.53 bits per heavy atom. The van der Waals surface area contributed by atoms with Gasteiger partial charge in [-0.3, -0.25) is 14.5 Å². The first-order chi connectivity index (χ1) is 8.13. The summed E-state index contributed by atoms with van der Waals surface area (Å²) in [4.78, 5) is 24.4. The number of benzene rings is 1. The van der Waals surface area contributed by atoms with Gasteiger partial charge in [-0.15, -0.1) is 0 Å². The molecule has 1 heterocycles. The molecule has 0 spiro atoms. The molecule has 1 atom stereocenters. The molecule has 1 aliphatic heterocycles. The minimum atomic E-state index is -0.187. The molecule has 17 heavy (non-hydrogen) atoms. The molecule has 1 aliphatic rings. The molecule has 1 fully saturated rings. The van der Waals surface area contributed by atoms with E-state index in [0.29, 0.717) is 12.8 Å². The monoisotopic (exact) mass is 233 g/mol. The summed E-state index contributed by atoms with van der Waals surface area (Å²) in [6.45, 7) is 1.43. The van der Waals surface area contributed by atoms with Gasteiger partial charge in [0.05, 0.1) is 13.2 Å². The van der Waals surface area contributed by atoms with Crippen LogP contribution in [0, 0.1) is 0 Å². The molecule has 4 heteroatoms. The first-order valence-corrected chi connectivity index (χ1v) is 5.60. The van der Waals surface area contributed by atoms with Gasteiger partial charge in [0, 0.05) is 13.3 Å². The van der Waals surface area contributed by atoms with Crippen molar-refractivity contribution in [2.75, 3.05) is 7.11 Å². The third kappa shape index (κ3) is 2.16. The van der Waals surface area contributed by atoms with Crippen molar-refractivity contribution < 1.29 is 14.3 Å². The van der Waals surface area contributed by atoms with Crippen LogP contribution < -0.4 is 4.74 Å². The number of hydrogen-bond donors (Lipinski definition) is 0. The van der Waals surface area contributed by atoms with Gasteiger partial charge in [-0.05, 0) is 24.1 Å². The number of likely N-dealkylation sites (tertiary alicyclic amines) is 1. The second kappa shape index (κ2) is 4.57. The van der Waals surface area contributed by atoms with Crippen molar-refractivity contribution in [2.24, 2.45) is 0 Å². The molecule has 0 aromatic heterocycles. The smallest absolute Gasteiger partial charge is 0.229 e. The number of carbonyl (C=O) groups excluding carboxylic acids is 2. The van der Waals surface area contributed by atoms with E-state index in [-0.39, 0.29) is 17.9 Å². The van der Waals surface area contributed by atoms with Crippen LogP contribution in [-0.4, -0.2) is 23.8 Å². The third-order valence-corrected chi connectivity index (χ3v) is 3.05. The highest BCUT2D eigenvalue weighted by Crippen LogP contribution is 2.33. The van der Waals surface area contributed by atoms with Crippen LogP contribution in [0.15, 0.2) is 24.3 Å². The van der Waals surface area contributed by atoms with Gasteiger partial charge < -0.3 is 4.74 Å². The van der Waals surface area contributed by atoms with E-state index < -0.39 is 0 Å². The molecule has 1 aromatic carbocycles. The fraction of sp³-hybridized carbons (Fsp3) is 0.385. The summed E-state index contributed by atoms with van der Waals surface area (Å²) in [7, 11) is 1.61. The standard InChI is InChI=1S/C13H15NO3/c1-9(15)14-12(7-8-13(14)16)10-3-5-11(17-2)6-4-10/h3-6,12H,7-8H2,1-2H3. The zero-order chi connectivity index (χ0) is 12.4. The van der Waals surface area contributed by atoms with Crippen molar-refractivity contribution in [3.05, 3.63) is 29.8 Å². The third-order valence-electron chi connectivity index (χ3n) is 3.05. The highest BCUT2D eigenvalue weighted by molar-refractivity contribution is 5.96. The topological polar surface area (TPSA) is 46.6 Å². The summed E-state index contributed by atoms with van der Waals surface area (Å²) < 4.78 is 5.08. The fourth-order valence-corrected chi connectivity index (χ4v) is 2.22. The minimum absolute atomic E-state index is 0.0849. The van der Waals surface area contributed by atoms with Crippen molar-refractivity contribution in [3.63, 3.8) is 0 Å². The summed E-state index contributed by atoms with van der Waals surface area (Å²) in [5, 5.41) is 0. The molecule has 2 rings (SSSR count). The Balaban J connectivity index is 2.26. The lowest BCUT2D eigenvalue weighted by Gasteiger charge is -2.21. The number of ether oxygens (including phenoxy) is 1. The molecule has 0 aliphatic carbocycles. The Morgan fingerprint density at radius 1 is 1.35 bits per heavy atom. The van der Waals surface area contributed by atoms with Gasteiger partial charge in [-0.2, -0.15) is 0 Å². The van der Waals surface area contributed by atoms with Gasteiger partial charge in [0.15, 0.2) is 0 Å². The van der Waals surface area contributed by atoms with E-state index in [0.717, 1.165) is 11.3 Å². The van der Waals surface area contributed by atoms with Gasteiger partial charge in [0.2, 0.25) is 11.8 Å². The van der Waals surface area contributed by atoms with E-state index in [1.165, 1.54) is 11.8 Å². The molecule has 0 N–H and O–H groups in total. The van der Waals surface area contributed by atoms with Gasteiger partial charge in [0.1, 0.15) is 5.75 Å². The Kier molecular flexibility index (Phi) is 3.13. The van der Waals surface area contributed by atoms with Crippen molar-refractivity contribution in [1.82, 2.24) is 4.90 Å². The summed E-state index contributed by atoms with van der Waals surface area (Å²) in [5.74, 6) is 0.499. The number of amides is 2. The summed E-state index contributed by atoms with van der Waals surface area (Å²) in [5.41, 5.74) is 0.979. The van der Waals surface area contributed by atoms with Crippen LogP contribution in [0.25, 0.3) is 0 Å². The van der Waals surface area contributed by atoms with Crippen molar-refractivity contribution in [2.45, 2.75) is 25.8 Å². The number of hydrogen-bond acceptors (Lipinski definition) is 3. The Morgan fingerprint density at radius 2 is 2.00 bits per heavy atom. The van der Waals surface area contributed by atoms with Crippen LogP contribution in [0.5, 0.6) is 5.75 Å². The van der Waals surface area contributed by atoms with Crippen molar-refractivity contribution >= 4 is 11.8 Å². The zero-order valence-corrected chi connectivity index (χ0v) is 9.97. The molecular formula is C13H15NO3. The molecule has 4 nitrogen and oxygen atoms in total. The van der Waals surface area contributed by atoms with E-state index in [1.807, 2.05) is 24.3 Å². The lowest BCUT2D eigenvalue weighted by molar-refractivity contribution is -0.142. The van der Waals surface area contributed by atoms with E-state index in [2.05, 4.69) is 0 Å². The maximum Gasteiger partial charge on any atom is 0.229 e. The zero-order valence-electron chi connectivity index (χ0n) is 9.97. The van der Waals surface area contributed by atoms with Gasteiger partial charge in [-0.25, -0.2) is 0 Å². The van der Waals surface area contributed by atoms with Crippen LogP contribution in [0.1, 0.15) is 31.4 Å². The minimum Gasteiger partial charge on any atom is -0.497 e. The second-order valence-electron chi connectivity index (χ2n) is 4.11. The first-order valence-electron chi connectivity index (χ1n) is 5.60. The number of methoxy groups -OCH3 is 1. The molecule has 2 amide bonds. The van der Waals surface area contributed by atoms with Crippen molar-refractivity contribution in [1.29, 1.82) is 0 Å². The number of imide groups is 1. The van der Waals surface area contributed by atoms with E-state index in [4.69, 9.17) is 4.74 Å². The quantitative estimate of drug-likeness (QED) is 0.783. The first kappa shape index (κ1) is 11.6. The molecule has 0 bridgehead atoms. The lowest BCUT2D eigenvalue weighted by atomic mass is 10.0. The maximum atomic E-state index is 11.6. The Hall–Kier alpha value is -1.84. The van der Waals surface area contributed by atoms with Crippen molar-refractivity contribution in [3.8, 4) is 5.75 Å².